The van der Waals surface area contributed by atoms with Crippen molar-refractivity contribution in [2.75, 3.05) is 17.5 Å². The Hall–Kier alpha value is -4.70. The van der Waals surface area contributed by atoms with Crippen LogP contribution in [-0.2, 0) is 32.6 Å². The number of aryl methyl sites for hydroxylation is 1. The van der Waals surface area contributed by atoms with Gasteiger partial charge in [-0.1, -0.05) is 73.2 Å². The fourth-order valence-corrected chi connectivity index (χ4v) is 6.46. The Balaban J connectivity index is 1.80. The molecule has 1 N–H and O–H groups in total. The summed E-state index contributed by atoms with van der Waals surface area (Å²) >= 11 is 0. The molecular weight excluding hydrogens is 617 g/mol. The molecular formula is C37H42FN3O5S. The predicted octanol–water partition coefficient (Wildman–Crippen LogP) is 6.28. The summed E-state index contributed by atoms with van der Waals surface area (Å²) in [5.74, 6) is -1.10. The van der Waals surface area contributed by atoms with Gasteiger partial charge in [-0.2, -0.15) is 0 Å². The van der Waals surface area contributed by atoms with E-state index in [0.29, 0.717) is 18.8 Å². The lowest BCUT2D eigenvalue weighted by atomic mass is 10.0. The van der Waals surface area contributed by atoms with Crippen molar-refractivity contribution in [1.82, 2.24) is 10.2 Å². The zero-order chi connectivity index (χ0) is 34.0. The van der Waals surface area contributed by atoms with Crippen molar-refractivity contribution in [3.63, 3.8) is 0 Å². The lowest BCUT2D eigenvalue weighted by Crippen LogP contribution is -2.54. The standard InChI is InChI=1S/C37H42FN3O5S/c1-5-28(4)39-37(43)35(24-29-12-8-7-9-13-29)40(25-30-14-10-11-15-34(30)38)36(42)26-41(31-18-16-27(3)17-19-31)47(44,45)33-22-20-32(21-23-33)46-6-2/h7-23,28,35H,5-6,24-26H2,1-4H3,(H,39,43). The van der Waals surface area contributed by atoms with Crippen LogP contribution in [0, 0.1) is 12.7 Å². The molecule has 10 heteroatoms. The Morgan fingerprint density at radius 3 is 2.13 bits per heavy atom. The van der Waals surface area contributed by atoms with Crippen LogP contribution in [0.3, 0.4) is 0 Å². The molecule has 2 atom stereocenters. The fourth-order valence-electron chi connectivity index (χ4n) is 5.05. The Morgan fingerprint density at radius 1 is 0.872 bits per heavy atom. The number of hydrogen-bond donors (Lipinski definition) is 1. The van der Waals surface area contributed by atoms with Gasteiger partial charge in [0.15, 0.2) is 0 Å². The number of benzene rings is 4. The molecule has 0 spiro atoms. The van der Waals surface area contributed by atoms with Gasteiger partial charge >= 0.3 is 0 Å². The van der Waals surface area contributed by atoms with Gasteiger partial charge in [0.1, 0.15) is 24.2 Å². The number of nitrogens with one attached hydrogen (secondary N) is 1. The SMILES string of the molecule is CCOc1ccc(S(=O)(=O)N(CC(=O)N(Cc2ccccc2F)C(Cc2ccccc2)C(=O)NC(C)CC)c2ccc(C)cc2)cc1. The van der Waals surface area contributed by atoms with Gasteiger partial charge in [0.25, 0.3) is 10.0 Å². The van der Waals surface area contributed by atoms with Gasteiger partial charge in [-0.25, -0.2) is 12.8 Å². The van der Waals surface area contributed by atoms with E-state index < -0.39 is 40.2 Å². The average Bonchev–Trinajstić information content (AvgIpc) is 3.07. The van der Waals surface area contributed by atoms with Gasteiger partial charge < -0.3 is 15.0 Å². The molecule has 4 rings (SSSR count). The summed E-state index contributed by atoms with van der Waals surface area (Å²) in [6, 6.07) is 26.8. The predicted molar refractivity (Wildman–Crippen MR) is 182 cm³/mol. The van der Waals surface area contributed by atoms with Crippen molar-refractivity contribution in [1.29, 1.82) is 0 Å². The first-order chi connectivity index (χ1) is 22.5. The topological polar surface area (TPSA) is 96.0 Å². The largest absolute Gasteiger partial charge is 0.494 e. The fraction of sp³-hybridized carbons (Fsp3) is 0.297. The molecule has 47 heavy (non-hydrogen) atoms. The molecule has 0 aliphatic heterocycles. The number of ether oxygens (including phenoxy) is 1. The van der Waals surface area contributed by atoms with E-state index in [1.165, 1.54) is 23.1 Å². The van der Waals surface area contributed by atoms with Crippen LogP contribution in [-0.4, -0.2) is 50.4 Å². The van der Waals surface area contributed by atoms with E-state index in [1.807, 2.05) is 58.0 Å². The number of amides is 2. The normalized spacial score (nSPS) is 12.5. The minimum atomic E-state index is -4.28. The summed E-state index contributed by atoms with van der Waals surface area (Å²) in [5, 5.41) is 2.98. The molecule has 0 radical (unpaired) electrons. The molecule has 0 aliphatic rings. The number of carbonyl (C=O) groups is 2. The first-order valence-corrected chi connectivity index (χ1v) is 17.2. The molecule has 0 fully saturated rings. The third kappa shape index (κ3) is 9.19. The van der Waals surface area contributed by atoms with E-state index in [9.17, 15) is 18.0 Å². The molecule has 4 aromatic carbocycles. The number of sulfonamides is 1. The number of hydrogen-bond acceptors (Lipinski definition) is 5. The van der Waals surface area contributed by atoms with Crippen LogP contribution in [0.15, 0.2) is 108 Å². The highest BCUT2D eigenvalue weighted by Crippen LogP contribution is 2.27. The molecule has 0 heterocycles. The summed E-state index contributed by atoms with van der Waals surface area (Å²) in [6.07, 6.45) is 0.798. The van der Waals surface area contributed by atoms with E-state index in [4.69, 9.17) is 4.74 Å². The molecule has 0 aliphatic carbocycles. The van der Waals surface area contributed by atoms with Crippen LogP contribution in [0.25, 0.3) is 0 Å². The Labute approximate surface area is 277 Å². The lowest BCUT2D eigenvalue weighted by Gasteiger charge is -2.34. The molecule has 0 saturated carbocycles. The monoisotopic (exact) mass is 659 g/mol. The molecule has 0 bridgehead atoms. The minimum absolute atomic E-state index is 0.0367. The van der Waals surface area contributed by atoms with Gasteiger partial charge in [-0.05, 0) is 75.2 Å². The summed E-state index contributed by atoms with van der Waals surface area (Å²) in [4.78, 5) is 29.7. The Morgan fingerprint density at radius 2 is 1.51 bits per heavy atom. The first-order valence-electron chi connectivity index (χ1n) is 15.7. The van der Waals surface area contributed by atoms with Crippen molar-refractivity contribution in [2.24, 2.45) is 0 Å². The second kappa shape index (κ2) is 16.2. The molecule has 4 aromatic rings. The zero-order valence-corrected chi connectivity index (χ0v) is 28.0. The van der Waals surface area contributed by atoms with Crippen LogP contribution in [0.4, 0.5) is 10.1 Å². The van der Waals surface area contributed by atoms with Crippen LogP contribution in [0.5, 0.6) is 5.75 Å². The van der Waals surface area contributed by atoms with Crippen LogP contribution in [0.1, 0.15) is 43.9 Å². The Kier molecular flexibility index (Phi) is 12.1. The third-order valence-electron chi connectivity index (χ3n) is 7.89. The molecule has 2 unspecified atom stereocenters. The molecule has 2 amide bonds. The number of rotatable bonds is 15. The molecule has 248 valence electrons. The average molecular weight is 660 g/mol. The number of carbonyl (C=O) groups excluding carboxylic acids is 2. The van der Waals surface area contributed by atoms with Crippen molar-refractivity contribution in [3.05, 3.63) is 126 Å². The van der Waals surface area contributed by atoms with Crippen molar-refractivity contribution in [3.8, 4) is 5.75 Å². The second-order valence-electron chi connectivity index (χ2n) is 11.4. The Bertz CT molecular complexity index is 1730. The van der Waals surface area contributed by atoms with Gasteiger partial charge in [-0.15, -0.1) is 0 Å². The van der Waals surface area contributed by atoms with E-state index >= 15 is 4.39 Å². The van der Waals surface area contributed by atoms with Gasteiger partial charge in [-0.3, -0.25) is 13.9 Å². The zero-order valence-electron chi connectivity index (χ0n) is 27.2. The summed E-state index contributed by atoms with van der Waals surface area (Å²) < 4.78 is 50.0. The summed E-state index contributed by atoms with van der Waals surface area (Å²) in [5.41, 5.74) is 2.17. The van der Waals surface area contributed by atoms with Crippen LogP contribution in [0.2, 0.25) is 0 Å². The van der Waals surface area contributed by atoms with Gasteiger partial charge in [0.05, 0.1) is 17.2 Å². The molecule has 0 aromatic heterocycles. The number of anilines is 1. The summed E-state index contributed by atoms with van der Waals surface area (Å²) in [7, 11) is -4.28. The minimum Gasteiger partial charge on any atom is -0.494 e. The maximum Gasteiger partial charge on any atom is 0.264 e. The highest BCUT2D eigenvalue weighted by Gasteiger charge is 2.35. The smallest absolute Gasteiger partial charge is 0.264 e. The summed E-state index contributed by atoms with van der Waals surface area (Å²) in [6.45, 7) is 7.05. The highest BCUT2D eigenvalue weighted by molar-refractivity contribution is 7.92. The van der Waals surface area contributed by atoms with Gasteiger partial charge in [0.2, 0.25) is 11.8 Å². The number of halogens is 1. The van der Waals surface area contributed by atoms with Gasteiger partial charge in [0, 0.05) is 24.6 Å². The van der Waals surface area contributed by atoms with Crippen molar-refractivity contribution >= 4 is 27.5 Å². The van der Waals surface area contributed by atoms with Crippen molar-refractivity contribution < 1.29 is 27.1 Å². The lowest BCUT2D eigenvalue weighted by molar-refractivity contribution is -0.140. The molecule has 0 saturated heterocycles. The van der Waals surface area contributed by atoms with Crippen LogP contribution < -0.4 is 14.4 Å². The quantitative estimate of drug-likeness (QED) is 0.162. The highest BCUT2D eigenvalue weighted by atomic mass is 32.2. The van der Waals surface area contributed by atoms with Crippen LogP contribution >= 0.6 is 0 Å². The van der Waals surface area contributed by atoms with E-state index in [2.05, 4.69) is 5.32 Å². The van der Waals surface area contributed by atoms with Crippen molar-refractivity contribution in [2.45, 2.75) is 64.1 Å². The second-order valence-corrected chi connectivity index (χ2v) is 13.3. The number of nitrogens with zero attached hydrogens (tertiary/aromatic N) is 2. The first kappa shape index (κ1) is 35.2. The van der Waals surface area contributed by atoms with E-state index in [0.717, 1.165) is 15.4 Å². The maximum absolute atomic E-state index is 15.1. The maximum atomic E-state index is 15.1. The third-order valence-corrected chi connectivity index (χ3v) is 9.68. The molecule has 8 nitrogen and oxygen atoms in total. The van der Waals surface area contributed by atoms with E-state index in [-0.39, 0.29) is 35.2 Å². The van der Waals surface area contributed by atoms with E-state index in [1.54, 1.807) is 54.6 Å².